The summed E-state index contributed by atoms with van der Waals surface area (Å²) in [7, 11) is 0. The smallest absolute Gasteiger partial charge is 0.252 e. The molecule has 3 nitrogen and oxygen atoms in total. The van der Waals surface area contributed by atoms with Crippen molar-refractivity contribution in [2.75, 3.05) is 0 Å². The molecule has 1 N–H and O–H groups in total. The van der Waals surface area contributed by atoms with Gasteiger partial charge in [0.2, 0.25) is 0 Å². The van der Waals surface area contributed by atoms with Crippen LogP contribution in [-0.2, 0) is 0 Å². The van der Waals surface area contributed by atoms with Crippen molar-refractivity contribution < 1.29 is 4.79 Å². The fourth-order valence-corrected chi connectivity index (χ4v) is 4.31. The second-order valence-corrected chi connectivity index (χ2v) is 8.49. The molecule has 0 aliphatic heterocycles. The van der Waals surface area contributed by atoms with Crippen LogP contribution in [0.5, 0.6) is 0 Å². The molecule has 0 aliphatic carbocycles. The molecule has 156 valence electrons. The second kappa shape index (κ2) is 8.52. The number of aromatic nitrogens is 1. The number of hydrogen-bond donors (Lipinski definition) is 1. The molecular formula is C27H25ClN2O. The lowest BCUT2D eigenvalue weighted by atomic mass is 9.94. The fourth-order valence-electron chi connectivity index (χ4n) is 4.12. The normalized spacial score (nSPS) is 12.0. The molecule has 31 heavy (non-hydrogen) atoms. The number of carbonyl (C=O) groups is 1. The summed E-state index contributed by atoms with van der Waals surface area (Å²) < 4.78 is 0. The molecule has 0 saturated heterocycles. The minimum atomic E-state index is -0.114. The van der Waals surface area contributed by atoms with Crippen molar-refractivity contribution in [3.8, 4) is 11.3 Å². The molecule has 4 heteroatoms. The molecule has 1 heterocycles. The predicted octanol–water partition coefficient (Wildman–Crippen LogP) is 6.97. The fraction of sp³-hybridized carbons (Fsp3) is 0.185. The Morgan fingerprint density at radius 2 is 1.71 bits per heavy atom. The molecule has 4 rings (SSSR count). The lowest BCUT2D eigenvalue weighted by Crippen LogP contribution is -2.28. The Kier molecular flexibility index (Phi) is 5.79. The van der Waals surface area contributed by atoms with E-state index in [9.17, 15) is 4.79 Å². The summed E-state index contributed by atoms with van der Waals surface area (Å²) in [6.45, 7) is 8.04. The number of benzene rings is 3. The van der Waals surface area contributed by atoms with Crippen molar-refractivity contribution in [3.63, 3.8) is 0 Å². The third-order valence-corrected chi connectivity index (χ3v) is 5.88. The van der Waals surface area contributed by atoms with Crippen LogP contribution in [0.4, 0.5) is 0 Å². The first-order chi connectivity index (χ1) is 14.8. The van der Waals surface area contributed by atoms with Crippen molar-refractivity contribution >= 4 is 28.4 Å². The third kappa shape index (κ3) is 4.19. The molecule has 1 amide bonds. The molecular weight excluding hydrogens is 404 g/mol. The van der Waals surface area contributed by atoms with Crippen LogP contribution in [0.2, 0.25) is 5.02 Å². The van der Waals surface area contributed by atoms with E-state index in [2.05, 4.69) is 11.4 Å². The molecule has 1 aromatic heterocycles. The maximum atomic E-state index is 13.6. The van der Waals surface area contributed by atoms with Crippen LogP contribution in [-0.4, -0.2) is 10.9 Å². The number of nitrogens with one attached hydrogen (secondary N) is 1. The number of amides is 1. The lowest BCUT2D eigenvalue weighted by molar-refractivity contribution is 0.0941. The van der Waals surface area contributed by atoms with Crippen LogP contribution in [0.25, 0.3) is 22.2 Å². The molecule has 0 radical (unpaired) electrons. The number of carbonyl (C=O) groups excluding carboxylic acids is 1. The second-order valence-electron chi connectivity index (χ2n) is 8.05. The predicted molar refractivity (Wildman–Crippen MR) is 129 cm³/mol. The van der Waals surface area contributed by atoms with E-state index in [1.54, 1.807) is 0 Å². The topological polar surface area (TPSA) is 42.0 Å². The molecule has 0 saturated carbocycles. The van der Waals surface area contributed by atoms with Gasteiger partial charge in [0, 0.05) is 16.0 Å². The van der Waals surface area contributed by atoms with Crippen LogP contribution in [0.1, 0.15) is 45.6 Å². The number of rotatable bonds is 4. The molecule has 0 aliphatic rings. The average molecular weight is 429 g/mol. The number of fused-ring (bicyclic) bond motifs is 1. The van der Waals surface area contributed by atoms with Gasteiger partial charge in [0.1, 0.15) is 0 Å². The third-order valence-electron chi connectivity index (χ3n) is 5.64. The SMILES string of the molecule is Cc1cc(C)c2nc(-c3cccc(Cl)c3)c(C)c(C(=O)NC(C)c3ccccc3)c2c1. The van der Waals surface area contributed by atoms with Crippen LogP contribution >= 0.6 is 11.6 Å². The van der Waals surface area contributed by atoms with E-state index in [1.165, 1.54) is 0 Å². The summed E-state index contributed by atoms with van der Waals surface area (Å²) >= 11 is 6.25. The van der Waals surface area contributed by atoms with Gasteiger partial charge in [-0.15, -0.1) is 0 Å². The van der Waals surface area contributed by atoms with Crippen molar-refractivity contribution in [2.24, 2.45) is 0 Å². The van der Waals surface area contributed by atoms with Gasteiger partial charge in [0.05, 0.1) is 22.8 Å². The van der Waals surface area contributed by atoms with E-state index >= 15 is 0 Å². The zero-order valence-electron chi connectivity index (χ0n) is 18.2. The lowest BCUT2D eigenvalue weighted by Gasteiger charge is -2.19. The summed E-state index contributed by atoms with van der Waals surface area (Å²) in [5.41, 5.74) is 7.23. The zero-order chi connectivity index (χ0) is 22.1. The van der Waals surface area contributed by atoms with Crippen LogP contribution < -0.4 is 5.32 Å². The largest absolute Gasteiger partial charge is 0.345 e. The standard InChI is InChI=1S/C27H25ClN2O/c1-16-13-17(2)25-23(14-16)24(27(31)29-19(4)20-9-6-5-7-10-20)18(3)26(30-25)21-11-8-12-22(28)15-21/h5-15,19H,1-4H3,(H,29,31). The average Bonchev–Trinajstić information content (AvgIpc) is 2.73. The van der Waals surface area contributed by atoms with Gasteiger partial charge in [0.25, 0.3) is 5.91 Å². The first kappa shape index (κ1) is 21.1. The van der Waals surface area contributed by atoms with Gasteiger partial charge < -0.3 is 5.32 Å². The van der Waals surface area contributed by atoms with Crippen LogP contribution in [0.15, 0.2) is 66.7 Å². The monoisotopic (exact) mass is 428 g/mol. The highest BCUT2D eigenvalue weighted by Gasteiger charge is 2.21. The maximum Gasteiger partial charge on any atom is 0.252 e. The van der Waals surface area contributed by atoms with Gasteiger partial charge in [-0.2, -0.15) is 0 Å². The summed E-state index contributed by atoms with van der Waals surface area (Å²) in [4.78, 5) is 18.5. The van der Waals surface area contributed by atoms with Crippen molar-refractivity contribution in [1.29, 1.82) is 0 Å². The highest BCUT2D eigenvalue weighted by Crippen LogP contribution is 2.33. The van der Waals surface area contributed by atoms with Crippen molar-refractivity contribution in [2.45, 2.75) is 33.7 Å². The molecule has 0 spiro atoms. The highest BCUT2D eigenvalue weighted by atomic mass is 35.5. The Morgan fingerprint density at radius 1 is 0.968 bits per heavy atom. The van der Waals surface area contributed by atoms with Crippen molar-refractivity contribution in [3.05, 3.63) is 99.6 Å². The maximum absolute atomic E-state index is 13.6. The molecule has 0 fully saturated rings. The Morgan fingerprint density at radius 3 is 2.42 bits per heavy atom. The minimum absolute atomic E-state index is 0.102. The Bertz CT molecular complexity index is 1280. The Hall–Kier alpha value is -3.17. The van der Waals surface area contributed by atoms with Gasteiger partial charge in [-0.3, -0.25) is 4.79 Å². The van der Waals surface area contributed by atoms with Gasteiger partial charge in [-0.1, -0.05) is 65.7 Å². The summed E-state index contributed by atoms with van der Waals surface area (Å²) in [5.74, 6) is -0.102. The number of pyridine rings is 1. The number of aryl methyl sites for hydroxylation is 2. The summed E-state index contributed by atoms with van der Waals surface area (Å²) in [6, 6.07) is 21.6. The number of nitrogens with zero attached hydrogens (tertiary/aromatic N) is 1. The van der Waals surface area contributed by atoms with E-state index in [0.717, 1.165) is 44.4 Å². The summed E-state index contributed by atoms with van der Waals surface area (Å²) in [5, 5.41) is 4.70. The van der Waals surface area contributed by atoms with E-state index in [-0.39, 0.29) is 11.9 Å². The quantitative estimate of drug-likeness (QED) is 0.381. The van der Waals surface area contributed by atoms with Gasteiger partial charge in [-0.25, -0.2) is 4.98 Å². The Labute approximate surface area is 188 Å². The van der Waals surface area contributed by atoms with E-state index in [0.29, 0.717) is 10.6 Å². The zero-order valence-corrected chi connectivity index (χ0v) is 18.9. The van der Waals surface area contributed by atoms with Gasteiger partial charge in [0.15, 0.2) is 0 Å². The van der Waals surface area contributed by atoms with E-state index < -0.39 is 0 Å². The van der Waals surface area contributed by atoms with Crippen LogP contribution in [0.3, 0.4) is 0 Å². The molecule has 0 bridgehead atoms. The van der Waals surface area contributed by atoms with Gasteiger partial charge >= 0.3 is 0 Å². The number of halogens is 1. The first-order valence-corrected chi connectivity index (χ1v) is 10.8. The molecule has 1 atom stereocenters. The number of hydrogen-bond acceptors (Lipinski definition) is 2. The van der Waals surface area contributed by atoms with E-state index in [1.807, 2.05) is 88.4 Å². The van der Waals surface area contributed by atoms with Crippen molar-refractivity contribution in [1.82, 2.24) is 10.3 Å². The minimum Gasteiger partial charge on any atom is -0.345 e. The summed E-state index contributed by atoms with van der Waals surface area (Å²) in [6.07, 6.45) is 0. The molecule has 3 aromatic carbocycles. The first-order valence-electron chi connectivity index (χ1n) is 10.4. The van der Waals surface area contributed by atoms with E-state index in [4.69, 9.17) is 16.6 Å². The van der Waals surface area contributed by atoms with Gasteiger partial charge in [-0.05, 0) is 62.6 Å². The Balaban J connectivity index is 1.90. The molecule has 1 unspecified atom stereocenters. The highest BCUT2D eigenvalue weighted by molar-refractivity contribution is 6.30. The molecule has 4 aromatic rings. The van der Waals surface area contributed by atoms with Crippen LogP contribution in [0, 0.1) is 20.8 Å².